The van der Waals surface area contributed by atoms with Crippen molar-refractivity contribution >= 4 is 12.0 Å². The number of benzene rings is 2. The van der Waals surface area contributed by atoms with E-state index in [0.717, 1.165) is 18.4 Å². The molecule has 2 fully saturated rings. The lowest BCUT2D eigenvalue weighted by molar-refractivity contribution is -0.129. The second kappa shape index (κ2) is 12.7. The molecule has 2 aromatic carbocycles. The van der Waals surface area contributed by atoms with Gasteiger partial charge in [-0.2, -0.15) is 0 Å². The van der Waals surface area contributed by atoms with E-state index in [0.29, 0.717) is 50.6 Å². The molecule has 6 heteroatoms. The first kappa shape index (κ1) is 24.5. The van der Waals surface area contributed by atoms with Crippen LogP contribution in [0, 0.1) is 0 Å². The van der Waals surface area contributed by atoms with Crippen LogP contribution in [0.3, 0.4) is 0 Å². The molecular weight excluding hydrogens is 428 g/mol. The first-order valence-corrected chi connectivity index (χ1v) is 12.4. The van der Waals surface area contributed by atoms with Crippen LogP contribution in [0.1, 0.15) is 42.7 Å². The number of hydrogen-bond acceptors (Lipinski definition) is 5. The lowest BCUT2D eigenvalue weighted by atomic mass is 9.82. The van der Waals surface area contributed by atoms with Gasteiger partial charge < -0.3 is 24.8 Å². The average molecular weight is 465 g/mol. The molecule has 2 aromatic rings. The first-order valence-electron chi connectivity index (χ1n) is 12.4. The smallest absolute Gasteiger partial charge is 0.246 e. The predicted octanol–water partition coefficient (Wildman–Crippen LogP) is 3.61. The van der Waals surface area contributed by atoms with Gasteiger partial charge in [-0.25, -0.2) is 0 Å². The maximum atomic E-state index is 12.4. The number of para-hydroxylation sites is 1. The summed E-state index contributed by atoms with van der Waals surface area (Å²) in [6.07, 6.45) is 7.36. The first-order chi connectivity index (χ1) is 16.7. The Morgan fingerprint density at radius 3 is 2.53 bits per heavy atom. The summed E-state index contributed by atoms with van der Waals surface area (Å²) in [5.41, 5.74) is 2.26. The number of aliphatic hydroxyl groups is 1. The number of morpholine rings is 1. The molecular formula is C28H36N2O4. The molecule has 2 N–H and O–H groups in total. The quantitative estimate of drug-likeness (QED) is 0.555. The normalized spacial score (nSPS) is 22.0. The maximum absolute atomic E-state index is 12.4. The minimum Gasteiger partial charge on any atom is -0.490 e. The number of nitrogens with one attached hydrogen (secondary N) is 1. The monoisotopic (exact) mass is 464 g/mol. The van der Waals surface area contributed by atoms with Crippen LogP contribution in [-0.2, 0) is 9.53 Å². The Hall–Kier alpha value is -2.67. The van der Waals surface area contributed by atoms with Crippen molar-refractivity contribution in [1.29, 1.82) is 0 Å². The van der Waals surface area contributed by atoms with Crippen LogP contribution in [-0.4, -0.2) is 67.5 Å². The van der Waals surface area contributed by atoms with Crippen molar-refractivity contribution < 1.29 is 19.4 Å². The minimum absolute atomic E-state index is 0.0238. The highest BCUT2D eigenvalue weighted by Gasteiger charge is 2.22. The Bertz CT molecular complexity index is 919. The van der Waals surface area contributed by atoms with E-state index in [1.165, 1.54) is 18.4 Å². The van der Waals surface area contributed by atoms with Crippen LogP contribution >= 0.6 is 0 Å². The molecule has 0 bridgehead atoms. The number of rotatable bonds is 9. The topological polar surface area (TPSA) is 71.0 Å². The van der Waals surface area contributed by atoms with Gasteiger partial charge >= 0.3 is 0 Å². The van der Waals surface area contributed by atoms with Crippen molar-refractivity contribution in [3.63, 3.8) is 0 Å². The fraction of sp³-hybridized carbons (Fsp3) is 0.464. The van der Waals surface area contributed by atoms with Gasteiger partial charge in [0.1, 0.15) is 18.5 Å². The summed E-state index contributed by atoms with van der Waals surface area (Å²) < 4.78 is 11.2. The average Bonchev–Trinajstić information content (AvgIpc) is 2.91. The van der Waals surface area contributed by atoms with Gasteiger partial charge in [-0.05, 0) is 49.3 Å². The van der Waals surface area contributed by atoms with Gasteiger partial charge in [0.05, 0.1) is 13.2 Å². The molecule has 34 heavy (non-hydrogen) atoms. The SMILES string of the molecule is O=C(C=Cc1ccccc1OCC(O)CNC1CCC(c2ccccc2)CC1)N1CCOCC1. The number of aliphatic hydroxyl groups excluding tert-OH is 1. The number of amides is 1. The zero-order valence-electron chi connectivity index (χ0n) is 19.8. The van der Waals surface area contributed by atoms with Gasteiger partial charge in [-0.15, -0.1) is 0 Å². The van der Waals surface area contributed by atoms with Crippen molar-refractivity contribution in [2.75, 3.05) is 39.5 Å². The van der Waals surface area contributed by atoms with Gasteiger partial charge in [-0.1, -0.05) is 48.5 Å². The van der Waals surface area contributed by atoms with Crippen molar-refractivity contribution in [3.05, 3.63) is 71.8 Å². The minimum atomic E-state index is -0.598. The third-order valence-electron chi connectivity index (χ3n) is 6.72. The van der Waals surface area contributed by atoms with Gasteiger partial charge in [0.25, 0.3) is 0 Å². The summed E-state index contributed by atoms with van der Waals surface area (Å²) in [7, 11) is 0. The highest BCUT2D eigenvalue weighted by Crippen LogP contribution is 2.32. The molecule has 1 amide bonds. The van der Waals surface area contributed by atoms with E-state index in [-0.39, 0.29) is 12.5 Å². The molecule has 0 spiro atoms. The molecule has 1 unspecified atom stereocenters. The molecule has 1 atom stereocenters. The number of carbonyl (C=O) groups is 1. The van der Waals surface area contributed by atoms with Crippen molar-refractivity contribution in [1.82, 2.24) is 10.2 Å². The number of nitrogens with zero attached hydrogens (tertiary/aromatic N) is 1. The van der Waals surface area contributed by atoms with E-state index < -0.39 is 6.10 Å². The van der Waals surface area contributed by atoms with Gasteiger partial charge in [-0.3, -0.25) is 4.79 Å². The standard InChI is InChI=1S/C28H36N2O4/c31-26(20-29-25-13-10-23(11-14-25)22-6-2-1-3-7-22)21-34-27-9-5-4-8-24(27)12-15-28(32)30-16-18-33-19-17-30/h1-9,12,15,23,25-26,29,31H,10-11,13-14,16-21H2. The Balaban J connectivity index is 1.19. The Morgan fingerprint density at radius 2 is 1.76 bits per heavy atom. The van der Waals surface area contributed by atoms with Crippen LogP contribution < -0.4 is 10.1 Å². The summed E-state index contributed by atoms with van der Waals surface area (Å²) >= 11 is 0. The molecule has 1 saturated heterocycles. The van der Waals surface area contributed by atoms with Crippen molar-refractivity contribution in [2.45, 2.75) is 43.7 Å². The van der Waals surface area contributed by atoms with E-state index in [9.17, 15) is 9.90 Å². The second-order valence-electron chi connectivity index (χ2n) is 9.14. The highest BCUT2D eigenvalue weighted by atomic mass is 16.5. The van der Waals surface area contributed by atoms with Gasteiger partial charge in [0.2, 0.25) is 5.91 Å². The summed E-state index contributed by atoms with van der Waals surface area (Å²) in [5.74, 6) is 1.28. The zero-order valence-corrected chi connectivity index (χ0v) is 19.8. The fourth-order valence-electron chi connectivity index (χ4n) is 4.70. The van der Waals surface area contributed by atoms with E-state index in [1.54, 1.807) is 17.1 Å². The number of ether oxygens (including phenoxy) is 2. The molecule has 1 aliphatic carbocycles. The number of carbonyl (C=O) groups excluding carboxylic acids is 1. The maximum Gasteiger partial charge on any atom is 0.246 e. The Morgan fingerprint density at radius 1 is 1.06 bits per heavy atom. The number of hydrogen-bond donors (Lipinski definition) is 2. The van der Waals surface area contributed by atoms with Crippen LogP contribution in [0.2, 0.25) is 0 Å². The van der Waals surface area contributed by atoms with Crippen molar-refractivity contribution in [2.24, 2.45) is 0 Å². The summed E-state index contributed by atoms with van der Waals surface area (Å²) in [5, 5.41) is 14.0. The van der Waals surface area contributed by atoms with E-state index in [2.05, 4.69) is 35.6 Å². The molecule has 1 aliphatic heterocycles. The molecule has 182 valence electrons. The van der Waals surface area contributed by atoms with E-state index >= 15 is 0 Å². The third-order valence-corrected chi connectivity index (χ3v) is 6.72. The Labute approximate surface area is 202 Å². The summed E-state index contributed by atoms with van der Waals surface area (Å²) in [6.45, 7) is 3.12. The zero-order chi connectivity index (χ0) is 23.6. The molecule has 1 heterocycles. The molecule has 4 rings (SSSR count). The second-order valence-corrected chi connectivity index (χ2v) is 9.14. The van der Waals surface area contributed by atoms with E-state index in [1.807, 2.05) is 24.3 Å². The lowest BCUT2D eigenvalue weighted by Gasteiger charge is -2.30. The highest BCUT2D eigenvalue weighted by molar-refractivity contribution is 5.92. The van der Waals surface area contributed by atoms with E-state index in [4.69, 9.17) is 9.47 Å². The van der Waals surface area contributed by atoms with Gasteiger partial charge in [0, 0.05) is 37.3 Å². The Kier molecular flexibility index (Phi) is 9.13. The molecule has 0 aromatic heterocycles. The van der Waals surface area contributed by atoms with Crippen molar-refractivity contribution in [3.8, 4) is 5.75 Å². The molecule has 0 radical (unpaired) electrons. The van der Waals surface area contributed by atoms with Crippen LogP contribution in [0.15, 0.2) is 60.7 Å². The lowest BCUT2D eigenvalue weighted by Crippen LogP contribution is -2.39. The summed E-state index contributed by atoms with van der Waals surface area (Å²) in [4.78, 5) is 14.2. The molecule has 2 aliphatic rings. The third kappa shape index (κ3) is 7.16. The predicted molar refractivity (Wildman–Crippen MR) is 134 cm³/mol. The van der Waals surface area contributed by atoms with Crippen LogP contribution in [0.25, 0.3) is 6.08 Å². The summed E-state index contributed by atoms with van der Waals surface area (Å²) in [6, 6.07) is 18.8. The largest absolute Gasteiger partial charge is 0.490 e. The molecule has 6 nitrogen and oxygen atoms in total. The molecule has 1 saturated carbocycles. The fourth-order valence-corrected chi connectivity index (χ4v) is 4.70. The van der Waals surface area contributed by atoms with Crippen LogP contribution in [0.5, 0.6) is 5.75 Å². The van der Waals surface area contributed by atoms with Crippen LogP contribution in [0.4, 0.5) is 0 Å². The van der Waals surface area contributed by atoms with Gasteiger partial charge in [0.15, 0.2) is 0 Å².